The van der Waals surface area contributed by atoms with Crippen LogP contribution in [0.15, 0.2) is 4.99 Å². The lowest BCUT2D eigenvalue weighted by atomic mass is 10.0. The number of hydrogen-bond acceptors (Lipinski definition) is 1. The van der Waals surface area contributed by atoms with Gasteiger partial charge in [-0.05, 0) is 39.5 Å². The summed E-state index contributed by atoms with van der Waals surface area (Å²) in [6, 6.07) is 0. The highest BCUT2D eigenvalue weighted by atomic mass is 28.3. The molecule has 0 aromatic rings. The van der Waals surface area contributed by atoms with Gasteiger partial charge >= 0.3 is 0 Å². The van der Waals surface area contributed by atoms with Crippen LogP contribution >= 0.6 is 0 Å². The number of likely N-dealkylation sites (tertiary alicyclic amines) is 1. The van der Waals surface area contributed by atoms with Crippen molar-refractivity contribution >= 4 is 14.4 Å². The van der Waals surface area contributed by atoms with E-state index in [1.807, 2.05) is 0 Å². The van der Waals surface area contributed by atoms with Gasteiger partial charge in [-0.3, -0.25) is 4.99 Å². The van der Waals surface area contributed by atoms with Gasteiger partial charge in [0.2, 0.25) is 0 Å². The van der Waals surface area contributed by atoms with Gasteiger partial charge in [0.1, 0.15) is 0 Å². The first kappa shape index (κ1) is 14.7. The van der Waals surface area contributed by atoms with Crippen molar-refractivity contribution in [1.82, 2.24) is 4.90 Å². The van der Waals surface area contributed by atoms with Gasteiger partial charge in [-0.15, -0.1) is 0 Å². The zero-order chi connectivity index (χ0) is 13.3. The molecule has 1 heterocycles. The van der Waals surface area contributed by atoms with Crippen LogP contribution in [0.1, 0.15) is 40.5 Å². The van der Waals surface area contributed by atoms with E-state index >= 15 is 0 Å². The lowest BCUT2D eigenvalue weighted by Gasteiger charge is -2.44. The fourth-order valence-electron chi connectivity index (χ4n) is 2.49. The Kier molecular flexibility index (Phi) is 4.45. The highest BCUT2D eigenvalue weighted by Crippen LogP contribution is 2.27. The van der Waals surface area contributed by atoms with E-state index in [0.717, 1.165) is 11.6 Å². The molecule has 1 fully saturated rings. The molecule has 3 heteroatoms. The third kappa shape index (κ3) is 4.82. The van der Waals surface area contributed by atoms with E-state index in [1.165, 1.54) is 19.4 Å². The summed E-state index contributed by atoms with van der Waals surface area (Å²) < 4.78 is 0. The van der Waals surface area contributed by atoms with Crippen LogP contribution in [0, 0.1) is 5.92 Å². The molecule has 1 aliphatic heterocycles. The van der Waals surface area contributed by atoms with Crippen molar-refractivity contribution in [3.05, 3.63) is 0 Å². The minimum atomic E-state index is -1.11. The Morgan fingerprint density at radius 1 is 1.18 bits per heavy atom. The van der Waals surface area contributed by atoms with Crippen LogP contribution in [-0.4, -0.2) is 37.1 Å². The molecule has 1 rings (SSSR count). The van der Waals surface area contributed by atoms with Gasteiger partial charge in [-0.25, -0.2) is 0 Å². The van der Waals surface area contributed by atoms with Crippen LogP contribution in [0.2, 0.25) is 19.6 Å². The molecular formula is C14H30N2Si. The second-order valence-electron chi connectivity index (χ2n) is 7.68. The van der Waals surface area contributed by atoms with Crippen molar-refractivity contribution in [2.75, 3.05) is 6.54 Å². The van der Waals surface area contributed by atoms with Crippen LogP contribution in [0.4, 0.5) is 0 Å². The fourth-order valence-corrected chi connectivity index (χ4v) is 4.69. The lowest BCUT2D eigenvalue weighted by Crippen LogP contribution is -2.54. The molecule has 0 unspecified atom stereocenters. The van der Waals surface area contributed by atoms with E-state index in [0.29, 0.717) is 0 Å². The van der Waals surface area contributed by atoms with Crippen molar-refractivity contribution in [1.29, 1.82) is 0 Å². The third-order valence-corrected chi connectivity index (χ3v) is 6.07. The normalized spacial score (nSPS) is 27.8. The third-order valence-electron chi connectivity index (χ3n) is 3.45. The van der Waals surface area contributed by atoms with Crippen LogP contribution in [0.25, 0.3) is 0 Å². The molecular weight excluding hydrogens is 224 g/mol. The molecule has 17 heavy (non-hydrogen) atoms. The molecule has 0 radical (unpaired) electrons. The van der Waals surface area contributed by atoms with E-state index in [-0.39, 0.29) is 5.54 Å². The molecule has 2 atom stereocenters. The molecule has 0 bridgehead atoms. The number of nitrogens with zero attached hydrogens (tertiary/aromatic N) is 2. The number of rotatable bonds is 2. The lowest BCUT2D eigenvalue weighted by molar-refractivity contribution is 0.244. The highest BCUT2D eigenvalue weighted by Gasteiger charge is 2.34. The molecule has 0 spiro atoms. The maximum atomic E-state index is 4.70. The topological polar surface area (TPSA) is 15.6 Å². The Morgan fingerprint density at radius 2 is 1.76 bits per heavy atom. The van der Waals surface area contributed by atoms with Gasteiger partial charge in [0.05, 0.1) is 20.0 Å². The Labute approximate surface area is 109 Å². The average molecular weight is 254 g/mol. The number of aliphatic imine (C=N–C) groups is 1. The largest absolute Gasteiger partial charge is 0.363 e. The van der Waals surface area contributed by atoms with Gasteiger partial charge in [0.25, 0.3) is 0 Å². The first-order chi connectivity index (χ1) is 7.59. The van der Waals surface area contributed by atoms with E-state index in [9.17, 15) is 0 Å². The van der Waals surface area contributed by atoms with Crippen LogP contribution in [0.3, 0.4) is 0 Å². The molecule has 0 aliphatic carbocycles. The van der Waals surface area contributed by atoms with E-state index in [4.69, 9.17) is 4.99 Å². The average Bonchev–Trinajstić information content (AvgIpc) is 2.11. The van der Waals surface area contributed by atoms with Crippen molar-refractivity contribution in [3.63, 3.8) is 0 Å². The minimum Gasteiger partial charge on any atom is -0.363 e. The predicted molar refractivity (Wildman–Crippen MR) is 80.5 cm³/mol. The zero-order valence-corrected chi connectivity index (χ0v) is 13.7. The summed E-state index contributed by atoms with van der Waals surface area (Å²) in [5.74, 6) is 0.814. The van der Waals surface area contributed by atoms with E-state index in [1.54, 1.807) is 0 Å². The second kappa shape index (κ2) is 5.13. The van der Waals surface area contributed by atoms with Gasteiger partial charge in [0, 0.05) is 12.2 Å². The Bertz CT molecular complexity index is 273. The zero-order valence-electron chi connectivity index (χ0n) is 12.7. The molecule has 0 saturated carbocycles. The summed E-state index contributed by atoms with van der Waals surface area (Å²) in [4.78, 5) is 7.23. The molecule has 1 aliphatic rings. The Hall–Kier alpha value is -0.313. The molecule has 0 N–H and O–H groups in total. The van der Waals surface area contributed by atoms with Crippen molar-refractivity contribution < 1.29 is 0 Å². The van der Waals surface area contributed by atoms with Crippen LogP contribution in [0.5, 0.6) is 0 Å². The van der Waals surface area contributed by atoms with E-state index < -0.39 is 8.07 Å². The van der Waals surface area contributed by atoms with Gasteiger partial charge in [-0.1, -0.05) is 26.6 Å². The summed E-state index contributed by atoms with van der Waals surface area (Å²) in [6.45, 7) is 17.5. The highest BCUT2D eigenvalue weighted by molar-refractivity contribution is 6.77. The maximum absolute atomic E-state index is 4.70. The summed E-state index contributed by atoms with van der Waals surface area (Å²) in [7, 11) is -1.11. The van der Waals surface area contributed by atoms with Gasteiger partial charge in [0.15, 0.2) is 0 Å². The number of piperidine rings is 1. The van der Waals surface area contributed by atoms with Crippen molar-refractivity contribution in [3.8, 4) is 0 Å². The minimum absolute atomic E-state index is 0.0463. The molecule has 0 aromatic heterocycles. The van der Waals surface area contributed by atoms with Crippen molar-refractivity contribution in [2.45, 2.75) is 71.4 Å². The molecule has 100 valence electrons. The summed E-state index contributed by atoms with van der Waals surface area (Å²) in [5, 5.41) is 0. The second-order valence-corrected chi connectivity index (χ2v) is 13.1. The molecule has 1 saturated heterocycles. The Morgan fingerprint density at radius 3 is 2.24 bits per heavy atom. The van der Waals surface area contributed by atoms with Gasteiger partial charge < -0.3 is 4.90 Å². The standard InChI is InChI=1S/C14H30N2Si/c1-12-8-9-13(17(5,6)7)16(10-12)11-15-14(2,3)4/h11-13H,8-10H2,1-7H3/t12-,13-/m1/s1. The summed E-state index contributed by atoms with van der Waals surface area (Å²) in [5.41, 5.74) is 0.815. The smallest absolute Gasteiger partial charge is 0.0856 e. The fraction of sp³-hybridized carbons (Fsp3) is 0.929. The monoisotopic (exact) mass is 254 g/mol. The predicted octanol–water partition coefficient (Wildman–Crippen LogP) is 3.79. The first-order valence-corrected chi connectivity index (χ1v) is 10.5. The first-order valence-electron chi connectivity index (χ1n) is 6.91. The quantitative estimate of drug-likeness (QED) is 0.416. The SMILES string of the molecule is C[C@@H]1CC[C@@H]([Si](C)(C)C)N(C=NC(C)(C)C)C1. The summed E-state index contributed by atoms with van der Waals surface area (Å²) in [6.07, 6.45) is 4.88. The van der Waals surface area contributed by atoms with Crippen LogP contribution < -0.4 is 0 Å². The van der Waals surface area contributed by atoms with Gasteiger partial charge in [-0.2, -0.15) is 0 Å². The Balaban J connectivity index is 2.79. The molecule has 0 aromatic carbocycles. The van der Waals surface area contributed by atoms with Crippen molar-refractivity contribution in [2.24, 2.45) is 10.9 Å². The molecule has 2 nitrogen and oxygen atoms in total. The molecule has 0 amide bonds. The maximum Gasteiger partial charge on any atom is 0.0856 e. The number of hydrogen-bond donors (Lipinski definition) is 0. The summed E-state index contributed by atoms with van der Waals surface area (Å²) >= 11 is 0. The van der Waals surface area contributed by atoms with Crippen LogP contribution in [-0.2, 0) is 0 Å². The van der Waals surface area contributed by atoms with E-state index in [2.05, 4.69) is 58.6 Å².